The molecule has 1 aromatic heterocycles. The number of aromatic nitrogens is 2. The van der Waals surface area contributed by atoms with Crippen LogP contribution in [0.5, 0.6) is 0 Å². The molecule has 0 spiro atoms. The number of hydrogen-bond acceptors (Lipinski definition) is 5. The Kier molecular flexibility index (Phi) is 6.44. The van der Waals surface area contributed by atoms with Crippen LogP contribution in [0.2, 0.25) is 0 Å². The summed E-state index contributed by atoms with van der Waals surface area (Å²) in [6.07, 6.45) is 2.12. The van der Waals surface area contributed by atoms with Crippen LogP contribution in [0.25, 0.3) is 11.1 Å². The highest BCUT2D eigenvalue weighted by Crippen LogP contribution is 2.44. The van der Waals surface area contributed by atoms with Gasteiger partial charge in [-0.15, -0.1) is 0 Å². The molecule has 1 aliphatic rings. The SMILES string of the molecule is C/C(=C\CNC(=O)c1cn(C)nc1NC(=O)OCC1c2ccccc2-c2ccccc21)C(=O)O. The molecule has 0 saturated carbocycles. The van der Waals surface area contributed by atoms with Crippen LogP contribution in [0.1, 0.15) is 34.3 Å². The van der Waals surface area contributed by atoms with Crippen LogP contribution in [0.3, 0.4) is 0 Å². The first-order valence-electron chi connectivity index (χ1n) is 10.7. The number of anilines is 1. The Morgan fingerprint density at radius 3 is 2.32 bits per heavy atom. The quantitative estimate of drug-likeness (QED) is 0.464. The normalized spacial score (nSPS) is 12.6. The standard InChI is InChI=1S/C25H24N4O5/c1-15(24(31)32)11-12-26-23(30)20-13-29(2)28-22(20)27-25(33)34-14-21-18-9-5-3-7-16(18)17-8-4-6-10-19(17)21/h3-11,13,21H,12,14H2,1-2H3,(H,26,30)(H,31,32)(H,27,28,33)/b15-11+. The first-order valence-corrected chi connectivity index (χ1v) is 10.7. The minimum Gasteiger partial charge on any atom is -0.478 e. The fourth-order valence-electron chi connectivity index (χ4n) is 3.96. The summed E-state index contributed by atoms with van der Waals surface area (Å²) in [5, 5.41) is 18.1. The van der Waals surface area contributed by atoms with E-state index in [0.717, 1.165) is 22.3 Å². The minimum absolute atomic E-state index is 0.0241. The summed E-state index contributed by atoms with van der Waals surface area (Å²) < 4.78 is 6.92. The molecule has 9 nitrogen and oxygen atoms in total. The number of carbonyl (C=O) groups is 3. The summed E-state index contributed by atoms with van der Waals surface area (Å²) >= 11 is 0. The van der Waals surface area contributed by atoms with Gasteiger partial charge in [0.15, 0.2) is 5.82 Å². The van der Waals surface area contributed by atoms with E-state index in [1.54, 1.807) is 7.05 Å². The number of carbonyl (C=O) groups excluding carboxylic acids is 2. The van der Waals surface area contributed by atoms with Crippen molar-refractivity contribution in [3.8, 4) is 11.1 Å². The smallest absolute Gasteiger partial charge is 0.412 e. The highest BCUT2D eigenvalue weighted by molar-refractivity contribution is 6.01. The van der Waals surface area contributed by atoms with Gasteiger partial charge in [-0.2, -0.15) is 5.10 Å². The molecule has 2 aromatic carbocycles. The van der Waals surface area contributed by atoms with Gasteiger partial charge in [0, 0.05) is 31.3 Å². The van der Waals surface area contributed by atoms with Gasteiger partial charge in [0.25, 0.3) is 5.91 Å². The number of aliphatic carboxylic acids is 1. The zero-order valence-corrected chi connectivity index (χ0v) is 18.7. The molecule has 174 valence electrons. The van der Waals surface area contributed by atoms with Crippen molar-refractivity contribution in [1.29, 1.82) is 0 Å². The first kappa shape index (κ1) is 22.8. The van der Waals surface area contributed by atoms with Gasteiger partial charge in [0.05, 0.1) is 0 Å². The second-order valence-corrected chi connectivity index (χ2v) is 7.92. The highest BCUT2D eigenvalue weighted by Gasteiger charge is 2.29. The summed E-state index contributed by atoms with van der Waals surface area (Å²) in [6, 6.07) is 16.1. The largest absolute Gasteiger partial charge is 0.478 e. The lowest BCUT2D eigenvalue weighted by molar-refractivity contribution is -0.132. The molecule has 3 aromatic rings. The fourth-order valence-corrected chi connectivity index (χ4v) is 3.96. The van der Waals surface area contributed by atoms with Crippen molar-refractivity contribution in [3.63, 3.8) is 0 Å². The van der Waals surface area contributed by atoms with Crippen LogP contribution in [-0.2, 0) is 16.6 Å². The summed E-state index contributed by atoms with van der Waals surface area (Å²) in [5.74, 6) is -1.60. The maximum absolute atomic E-state index is 12.6. The van der Waals surface area contributed by atoms with E-state index in [1.165, 1.54) is 23.9 Å². The van der Waals surface area contributed by atoms with Crippen molar-refractivity contribution < 1.29 is 24.2 Å². The van der Waals surface area contributed by atoms with E-state index in [9.17, 15) is 14.4 Å². The molecule has 0 saturated heterocycles. The minimum atomic E-state index is -1.06. The van der Waals surface area contributed by atoms with Crippen LogP contribution in [-0.4, -0.2) is 46.0 Å². The van der Waals surface area contributed by atoms with E-state index < -0.39 is 18.0 Å². The third kappa shape index (κ3) is 4.68. The van der Waals surface area contributed by atoms with Crippen molar-refractivity contribution >= 4 is 23.8 Å². The first-order chi connectivity index (χ1) is 16.3. The predicted molar refractivity (Wildman–Crippen MR) is 126 cm³/mol. The number of aryl methyl sites for hydroxylation is 1. The molecule has 0 fully saturated rings. The van der Waals surface area contributed by atoms with Crippen molar-refractivity contribution in [1.82, 2.24) is 15.1 Å². The summed E-state index contributed by atoms with van der Waals surface area (Å²) in [7, 11) is 1.62. The van der Waals surface area contributed by atoms with E-state index in [2.05, 4.69) is 27.9 Å². The van der Waals surface area contributed by atoms with E-state index in [-0.39, 0.29) is 36.0 Å². The molecule has 0 radical (unpaired) electrons. The fraction of sp³-hybridized carbons (Fsp3) is 0.200. The molecule has 34 heavy (non-hydrogen) atoms. The number of hydrogen-bond donors (Lipinski definition) is 3. The maximum Gasteiger partial charge on any atom is 0.412 e. The topological polar surface area (TPSA) is 123 Å². The molecule has 1 heterocycles. The van der Waals surface area contributed by atoms with Gasteiger partial charge in [-0.25, -0.2) is 9.59 Å². The molecule has 0 unspecified atom stereocenters. The number of benzene rings is 2. The van der Waals surface area contributed by atoms with E-state index >= 15 is 0 Å². The van der Waals surface area contributed by atoms with Crippen molar-refractivity contribution in [2.45, 2.75) is 12.8 Å². The van der Waals surface area contributed by atoms with Crippen molar-refractivity contribution in [2.24, 2.45) is 7.05 Å². The number of rotatable bonds is 7. The van der Waals surface area contributed by atoms with Crippen LogP contribution < -0.4 is 10.6 Å². The maximum atomic E-state index is 12.6. The Labute approximate surface area is 196 Å². The summed E-state index contributed by atoms with van der Waals surface area (Å²) in [5.41, 5.74) is 4.70. The van der Waals surface area contributed by atoms with Gasteiger partial charge in [0.2, 0.25) is 0 Å². The Bertz CT molecular complexity index is 1250. The van der Waals surface area contributed by atoms with Gasteiger partial charge >= 0.3 is 12.1 Å². The predicted octanol–water partition coefficient (Wildman–Crippen LogP) is 3.54. The summed E-state index contributed by atoms with van der Waals surface area (Å²) in [4.78, 5) is 35.9. The van der Waals surface area contributed by atoms with Crippen molar-refractivity contribution in [2.75, 3.05) is 18.5 Å². The van der Waals surface area contributed by atoms with Crippen LogP contribution >= 0.6 is 0 Å². The molecule has 4 rings (SSSR count). The molecule has 0 atom stereocenters. The Morgan fingerprint density at radius 1 is 1.09 bits per heavy atom. The summed E-state index contributed by atoms with van der Waals surface area (Å²) in [6.45, 7) is 1.59. The highest BCUT2D eigenvalue weighted by atomic mass is 16.5. The van der Waals surface area contributed by atoms with Gasteiger partial charge in [0.1, 0.15) is 12.2 Å². The van der Waals surface area contributed by atoms with E-state index in [0.29, 0.717) is 0 Å². The van der Waals surface area contributed by atoms with Crippen LogP contribution in [0.4, 0.5) is 10.6 Å². The van der Waals surface area contributed by atoms with Crippen LogP contribution in [0.15, 0.2) is 66.4 Å². The lowest BCUT2D eigenvalue weighted by Gasteiger charge is -2.14. The molecule has 9 heteroatoms. The number of nitrogens with zero attached hydrogens (tertiary/aromatic N) is 2. The van der Waals surface area contributed by atoms with Crippen molar-refractivity contribution in [3.05, 3.63) is 83.1 Å². The second-order valence-electron chi connectivity index (χ2n) is 7.92. The van der Waals surface area contributed by atoms with Gasteiger partial charge in [-0.05, 0) is 29.2 Å². The number of nitrogens with one attached hydrogen (secondary N) is 2. The molecule has 1 aliphatic carbocycles. The third-order valence-corrected chi connectivity index (χ3v) is 5.65. The zero-order chi connectivity index (χ0) is 24.2. The number of fused-ring (bicyclic) bond motifs is 3. The molecular weight excluding hydrogens is 436 g/mol. The number of ether oxygens (including phenoxy) is 1. The second kappa shape index (κ2) is 9.62. The monoisotopic (exact) mass is 460 g/mol. The van der Waals surface area contributed by atoms with Crippen LogP contribution in [0, 0.1) is 0 Å². The molecule has 2 amide bonds. The molecule has 0 bridgehead atoms. The third-order valence-electron chi connectivity index (χ3n) is 5.65. The van der Waals surface area contributed by atoms with Gasteiger partial charge < -0.3 is 15.2 Å². The molecule has 0 aliphatic heterocycles. The number of carboxylic acids is 1. The number of amides is 2. The Balaban J connectivity index is 1.41. The lowest BCUT2D eigenvalue weighted by atomic mass is 9.98. The lowest BCUT2D eigenvalue weighted by Crippen LogP contribution is -2.25. The van der Waals surface area contributed by atoms with Gasteiger partial charge in [-0.3, -0.25) is 14.8 Å². The van der Waals surface area contributed by atoms with E-state index in [4.69, 9.17) is 9.84 Å². The average Bonchev–Trinajstić information content (AvgIpc) is 3.34. The average molecular weight is 460 g/mol. The Hall–Kier alpha value is -4.40. The number of carboxylic acid groups (broad SMARTS) is 1. The Morgan fingerprint density at radius 2 is 1.71 bits per heavy atom. The van der Waals surface area contributed by atoms with E-state index in [1.807, 2.05) is 36.4 Å². The molecule has 3 N–H and O–H groups in total. The zero-order valence-electron chi connectivity index (χ0n) is 18.7. The van der Waals surface area contributed by atoms with Gasteiger partial charge in [-0.1, -0.05) is 54.6 Å². The molecular formula is C25H24N4O5.